The van der Waals surface area contributed by atoms with Crippen LogP contribution in [-0.4, -0.2) is 64.5 Å². The molecule has 1 amide bonds. The van der Waals surface area contributed by atoms with Crippen LogP contribution in [0.3, 0.4) is 0 Å². The number of amides is 1. The molecular formula is C33H25N3O7S. The van der Waals surface area contributed by atoms with Crippen molar-refractivity contribution in [2.45, 2.75) is 27.8 Å². The van der Waals surface area contributed by atoms with Crippen molar-refractivity contribution in [3.05, 3.63) is 95.1 Å². The molecule has 0 saturated carbocycles. The van der Waals surface area contributed by atoms with Crippen molar-refractivity contribution in [3.8, 4) is 0 Å². The Hall–Kier alpha value is -4.74. The van der Waals surface area contributed by atoms with E-state index in [0.717, 1.165) is 30.0 Å². The van der Waals surface area contributed by atoms with E-state index < -0.39 is 51.8 Å². The molecule has 0 aliphatic carbocycles. The Labute approximate surface area is 255 Å². The predicted octanol–water partition coefficient (Wildman–Crippen LogP) is 3.73. The molecule has 5 heterocycles. The number of thioether (sulfide) groups is 1. The summed E-state index contributed by atoms with van der Waals surface area (Å²) < 4.78 is 10.0. The maximum Gasteiger partial charge on any atom is 0.379 e. The number of carbonyl (C=O) groups excluding carboxylic acids is 5. The number of carbonyl (C=O) groups is 5. The van der Waals surface area contributed by atoms with Gasteiger partial charge in [-0.25, -0.2) is 4.79 Å². The van der Waals surface area contributed by atoms with E-state index in [2.05, 4.69) is 5.32 Å². The first-order valence-electron chi connectivity index (χ1n) is 14.2. The number of methoxy groups -OCH3 is 2. The minimum Gasteiger partial charge on any atom is -0.469 e. The summed E-state index contributed by atoms with van der Waals surface area (Å²) in [6.45, 7) is 0.385. The Morgan fingerprint density at radius 2 is 1.66 bits per heavy atom. The zero-order valence-corrected chi connectivity index (χ0v) is 24.5. The highest BCUT2D eigenvalue weighted by atomic mass is 32.2. The maximum atomic E-state index is 15.3. The number of ketones is 1. The Balaban J connectivity index is 1.48. The fraction of sp³-hybridized carbons (Fsp3) is 0.242. The minimum atomic E-state index is -1.65. The maximum absolute atomic E-state index is 15.3. The molecule has 11 heteroatoms. The molecule has 44 heavy (non-hydrogen) atoms. The second kappa shape index (κ2) is 9.13. The van der Waals surface area contributed by atoms with Gasteiger partial charge in [0.1, 0.15) is 16.2 Å². The van der Waals surface area contributed by atoms with Crippen molar-refractivity contribution in [1.82, 2.24) is 9.47 Å². The van der Waals surface area contributed by atoms with Gasteiger partial charge in [0.25, 0.3) is 17.6 Å². The van der Waals surface area contributed by atoms with Gasteiger partial charge in [-0.2, -0.15) is 0 Å². The van der Waals surface area contributed by atoms with Gasteiger partial charge < -0.3 is 14.8 Å². The highest BCUT2D eigenvalue weighted by Gasteiger charge is 2.80. The van der Waals surface area contributed by atoms with Crippen molar-refractivity contribution in [1.29, 1.82) is 0 Å². The summed E-state index contributed by atoms with van der Waals surface area (Å²) in [4.78, 5) is 72.2. The number of aromatic nitrogens is 1. The third-order valence-corrected chi connectivity index (χ3v) is 11.1. The number of benzene rings is 3. The lowest BCUT2D eigenvalue weighted by Gasteiger charge is -2.41. The second-order valence-electron chi connectivity index (χ2n) is 11.3. The Morgan fingerprint density at radius 1 is 0.932 bits per heavy atom. The van der Waals surface area contributed by atoms with Gasteiger partial charge in [0.05, 0.1) is 36.4 Å². The summed E-state index contributed by atoms with van der Waals surface area (Å²) in [5, 5.41) is 3.63. The molecule has 8 rings (SSSR count). The summed E-state index contributed by atoms with van der Waals surface area (Å²) in [6, 6.07) is 21.0. The lowest BCUT2D eigenvalue weighted by atomic mass is 9.73. The van der Waals surface area contributed by atoms with Crippen LogP contribution in [0.25, 0.3) is 10.9 Å². The van der Waals surface area contributed by atoms with Crippen LogP contribution in [0.2, 0.25) is 0 Å². The van der Waals surface area contributed by atoms with E-state index in [0.29, 0.717) is 35.1 Å². The van der Waals surface area contributed by atoms with E-state index in [4.69, 9.17) is 9.47 Å². The van der Waals surface area contributed by atoms with Gasteiger partial charge in [0.15, 0.2) is 0 Å². The molecule has 3 aromatic carbocycles. The number of rotatable bonds is 3. The van der Waals surface area contributed by atoms with Crippen LogP contribution in [0.15, 0.2) is 77.8 Å². The molecular weight excluding hydrogens is 582 g/mol. The van der Waals surface area contributed by atoms with Crippen molar-refractivity contribution in [3.63, 3.8) is 0 Å². The smallest absolute Gasteiger partial charge is 0.379 e. The summed E-state index contributed by atoms with van der Waals surface area (Å²) in [5.74, 6) is -4.90. The number of hydrogen-bond acceptors (Lipinski definition) is 9. The summed E-state index contributed by atoms with van der Waals surface area (Å²) >= 11 is 1.06. The lowest BCUT2D eigenvalue weighted by Crippen LogP contribution is -2.56. The van der Waals surface area contributed by atoms with Crippen LogP contribution >= 0.6 is 11.8 Å². The molecule has 4 aliphatic heterocycles. The monoisotopic (exact) mass is 607 g/mol. The zero-order chi connectivity index (χ0) is 30.5. The van der Waals surface area contributed by atoms with E-state index in [1.54, 1.807) is 42.5 Å². The van der Waals surface area contributed by atoms with E-state index >= 15 is 4.79 Å². The van der Waals surface area contributed by atoms with Crippen molar-refractivity contribution < 1.29 is 33.4 Å². The average Bonchev–Trinajstić information content (AvgIpc) is 3.72. The van der Waals surface area contributed by atoms with E-state index in [9.17, 15) is 19.2 Å². The fourth-order valence-electron chi connectivity index (χ4n) is 8.01. The van der Waals surface area contributed by atoms with E-state index in [-0.39, 0.29) is 10.6 Å². The number of para-hydroxylation sites is 2. The molecule has 10 nitrogen and oxygen atoms in total. The highest BCUT2D eigenvalue weighted by Crippen LogP contribution is 2.70. The van der Waals surface area contributed by atoms with E-state index in [1.807, 2.05) is 35.2 Å². The number of Topliss-reactive ketones (excluding diaryl/α,β-unsaturated/α-hetero) is 1. The van der Waals surface area contributed by atoms with Gasteiger partial charge >= 0.3 is 11.9 Å². The molecule has 1 aromatic heterocycles. The molecule has 1 fully saturated rings. The van der Waals surface area contributed by atoms with Crippen LogP contribution in [0, 0.1) is 5.92 Å². The van der Waals surface area contributed by atoms with Crippen molar-refractivity contribution in [2.24, 2.45) is 5.92 Å². The van der Waals surface area contributed by atoms with Crippen LogP contribution in [-0.2, 0) is 35.8 Å². The SMILES string of the molecule is COC(=O)C(=O)c1c2n(c3ccccc13)C(=O)[C@@]1(S2)[C@@H]2c3ccccc3CCN2C2(C(=O)Nc3ccccc32)[C@@H]1C(=O)OC. The molecule has 220 valence electrons. The highest BCUT2D eigenvalue weighted by molar-refractivity contribution is 8.02. The van der Waals surface area contributed by atoms with Crippen LogP contribution in [0.1, 0.15) is 37.9 Å². The first kappa shape index (κ1) is 26.9. The topological polar surface area (TPSA) is 124 Å². The van der Waals surface area contributed by atoms with Crippen LogP contribution < -0.4 is 5.32 Å². The Bertz CT molecular complexity index is 2000. The van der Waals surface area contributed by atoms with E-state index in [1.165, 1.54) is 11.7 Å². The largest absolute Gasteiger partial charge is 0.469 e. The summed E-state index contributed by atoms with van der Waals surface area (Å²) in [6.07, 6.45) is 0.591. The van der Waals surface area contributed by atoms with Gasteiger partial charge in [-0.3, -0.25) is 28.6 Å². The molecule has 0 bridgehead atoms. The Morgan fingerprint density at radius 3 is 2.45 bits per heavy atom. The van der Waals surface area contributed by atoms with Gasteiger partial charge in [0, 0.05) is 23.2 Å². The number of hydrogen-bond donors (Lipinski definition) is 1. The number of anilines is 1. The summed E-state index contributed by atoms with van der Waals surface area (Å²) in [7, 11) is 2.37. The number of nitrogens with one attached hydrogen (secondary N) is 1. The number of esters is 2. The molecule has 1 unspecified atom stereocenters. The average molecular weight is 608 g/mol. The quantitative estimate of drug-likeness (QED) is 0.211. The van der Waals surface area contributed by atoms with Crippen molar-refractivity contribution in [2.75, 3.05) is 26.1 Å². The number of ether oxygens (including phenoxy) is 2. The minimum absolute atomic E-state index is 0.0270. The first-order chi connectivity index (χ1) is 21.3. The second-order valence-corrected chi connectivity index (χ2v) is 12.6. The molecule has 1 N–H and O–H groups in total. The number of nitrogens with zero attached hydrogens (tertiary/aromatic N) is 2. The molecule has 2 spiro atoms. The molecule has 1 saturated heterocycles. The fourth-order valence-corrected chi connectivity index (χ4v) is 9.83. The molecule has 4 aliphatic rings. The number of fused-ring (bicyclic) bond motifs is 10. The molecule has 0 radical (unpaired) electrons. The lowest BCUT2D eigenvalue weighted by molar-refractivity contribution is -0.153. The van der Waals surface area contributed by atoms with Gasteiger partial charge in [-0.1, -0.05) is 72.4 Å². The van der Waals surface area contributed by atoms with Crippen LogP contribution in [0.4, 0.5) is 5.69 Å². The van der Waals surface area contributed by atoms with Gasteiger partial charge in [-0.05, 0) is 29.7 Å². The predicted molar refractivity (Wildman–Crippen MR) is 159 cm³/mol. The molecule has 4 atom stereocenters. The standard InChI is InChI=1S/C33H25N3O7S/c1-42-28(38)24(37)23-19-11-5-8-14-22(19)36-27(23)44-33(31(36)41)25(29(39)43-2)32(20-12-6-7-13-21(20)34-30(32)40)35-16-15-17-9-3-4-10-18(17)26(33)35/h3-14,25-26H,15-16H2,1-2H3,(H,34,40)/t25-,26-,32?,33-/m0/s1. The third kappa shape index (κ3) is 2.98. The summed E-state index contributed by atoms with van der Waals surface area (Å²) in [5.41, 5.74) is 1.82. The third-order valence-electron chi connectivity index (χ3n) is 9.59. The normalized spacial score (nSPS) is 26.3. The van der Waals surface area contributed by atoms with Crippen molar-refractivity contribution >= 4 is 57.9 Å². The Kier molecular flexibility index (Phi) is 5.57. The van der Waals surface area contributed by atoms with Crippen LogP contribution in [0.5, 0.6) is 0 Å². The first-order valence-corrected chi connectivity index (χ1v) is 15.0. The van der Waals surface area contributed by atoms with Gasteiger partial charge in [-0.15, -0.1) is 0 Å². The zero-order valence-electron chi connectivity index (χ0n) is 23.7. The van der Waals surface area contributed by atoms with Gasteiger partial charge in [0.2, 0.25) is 0 Å². The molecule has 4 aromatic rings.